The van der Waals surface area contributed by atoms with Crippen LogP contribution in [0.3, 0.4) is 0 Å². The molecule has 1 N–H and O–H groups in total. The minimum atomic E-state index is -3.52. The summed E-state index contributed by atoms with van der Waals surface area (Å²) >= 11 is 1.45. The van der Waals surface area contributed by atoms with Crippen LogP contribution in [0.15, 0.2) is 0 Å². The van der Waals surface area contributed by atoms with Crippen molar-refractivity contribution in [2.75, 3.05) is 11.5 Å². The van der Waals surface area contributed by atoms with E-state index < -0.39 is 22.0 Å². The van der Waals surface area contributed by atoms with Gasteiger partial charge >= 0.3 is 5.97 Å². The molecule has 0 bridgehead atoms. The van der Waals surface area contributed by atoms with Crippen LogP contribution in [-0.4, -0.2) is 46.7 Å². The zero-order valence-corrected chi connectivity index (χ0v) is 14.3. The molecule has 0 aromatic rings. The molecular weight excluding hydrogens is 310 g/mol. The van der Waals surface area contributed by atoms with Crippen LogP contribution in [0.2, 0.25) is 0 Å². The molecule has 21 heavy (non-hydrogen) atoms. The van der Waals surface area contributed by atoms with Gasteiger partial charge in [-0.3, -0.25) is 4.79 Å². The maximum absolute atomic E-state index is 12.8. The quantitative estimate of drug-likeness (QED) is 0.835. The average molecular weight is 335 g/mol. The van der Waals surface area contributed by atoms with Crippen LogP contribution in [0, 0.1) is 11.8 Å². The molecular formula is C14H25NO4S2. The van der Waals surface area contributed by atoms with Crippen LogP contribution in [0.1, 0.15) is 46.0 Å². The Kier molecular flexibility index (Phi) is 5.59. The molecule has 2 atom stereocenters. The second-order valence-electron chi connectivity index (χ2n) is 6.43. The van der Waals surface area contributed by atoms with Gasteiger partial charge in [-0.05, 0) is 24.7 Å². The third-order valence-corrected chi connectivity index (χ3v) is 8.10. The lowest BCUT2D eigenvalue weighted by atomic mass is 9.91. The molecule has 0 amide bonds. The fraction of sp³-hybridized carbons (Fsp3) is 0.929. The molecule has 2 unspecified atom stereocenters. The van der Waals surface area contributed by atoms with E-state index in [9.17, 15) is 18.3 Å². The number of sulfonamides is 1. The molecule has 2 aliphatic rings. The highest BCUT2D eigenvalue weighted by molar-refractivity contribution is 8.01. The van der Waals surface area contributed by atoms with Crippen LogP contribution in [0.25, 0.3) is 0 Å². The lowest BCUT2D eigenvalue weighted by Gasteiger charge is -2.31. The number of hydrogen-bond donors (Lipinski definition) is 1. The van der Waals surface area contributed by atoms with Crippen LogP contribution >= 0.6 is 11.8 Å². The summed E-state index contributed by atoms with van der Waals surface area (Å²) in [6.07, 6.45) is 5.26. The fourth-order valence-electron chi connectivity index (χ4n) is 3.27. The summed E-state index contributed by atoms with van der Waals surface area (Å²) in [7, 11) is -3.52. The molecule has 0 spiro atoms. The van der Waals surface area contributed by atoms with E-state index in [1.165, 1.54) is 22.5 Å². The molecule has 122 valence electrons. The largest absolute Gasteiger partial charge is 0.480 e. The lowest BCUT2D eigenvalue weighted by Crippen LogP contribution is -2.48. The Morgan fingerprint density at radius 3 is 2.43 bits per heavy atom. The molecule has 1 aliphatic heterocycles. The van der Waals surface area contributed by atoms with Crippen molar-refractivity contribution < 1.29 is 18.3 Å². The smallest absolute Gasteiger partial charge is 0.322 e. The van der Waals surface area contributed by atoms with Gasteiger partial charge in [-0.15, -0.1) is 11.8 Å². The van der Waals surface area contributed by atoms with Crippen molar-refractivity contribution in [3.05, 3.63) is 0 Å². The van der Waals surface area contributed by atoms with Gasteiger partial charge in [0.2, 0.25) is 10.0 Å². The number of aliphatic carboxylic acids is 1. The minimum Gasteiger partial charge on any atom is -0.480 e. The topological polar surface area (TPSA) is 74.7 Å². The highest BCUT2D eigenvalue weighted by atomic mass is 32.2. The Bertz CT molecular complexity index is 471. The Morgan fingerprint density at radius 1 is 1.29 bits per heavy atom. The Labute approximate surface area is 131 Å². The first-order valence-electron chi connectivity index (χ1n) is 7.68. The van der Waals surface area contributed by atoms with Crippen molar-refractivity contribution in [3.63, 3.8) is 0 Å². The van der Waals surface area contributed by atoms with E-state index in [-0.39, 0.29) is 23.0 Å². The number of carbonyl (C=O) groups is 1. The zero-order chi connectivity index (χ0) is 15.6. The Balaban J connectivity index is 2.18. The maximum Gasteiger partial charge on any atom is 0.322 e. The molecule has 2 fully saturated rings. The van der Waals surface area contributed by atoms with E-state index in [1.807, 2.05) is 13.8 Å². The van der Waals surface area contributed by atoms with Crippen molar-refractivity contribution >= 4 is 27.8 Å². The van der Waals surface area contributed by atoms with Gasteiger partial charge in [0, 0.05) is 5.75 Å². The van der Waals surface area contributed by atoms with E-state index >= 15 is 0 Å². The van der Waals surface area contributed by atoms with Gasteiger partial charge in [0.15, 0.2) is 0 Å². The van der Waals surface area contributed by atoms with Gasteiger partial charge in [-0.1, -0.05) is 33.1 Å². The van der Waals surface area contributed by atoms with Crippen LogP contribution < -0.4 is 0 Å². The van der Waals surface area contributed by atoms with E-state index in [1.54, 1.807) is 0 Å². The second kappa shape index (κ2) is 6.87. The second-order valence-corrected chi connectivity index (χ2v) is 9.50. The molecule has 1 saturated carbocycles. The van der Waals surface area contributed by atoms with Crippen LogP contribution in [-0.2, 0) is 14.8 Å². The molecule has 7 heteroatoms. The first-order chi connectivity index (χ1) is 9.83. The summed E-state index contributed by atoms with van der Waals surface area (Å²) < 4.78 is 26.9. The van der Waals surface area contributed by atoms with Gasteiger partial charge in [-0.25, -0.2) is 8.42 Å². The van der Waals surface area contributed by atoms with Gasteiger partial charge in [0.1, 0.15) is 6.04 Å². The zero-order valence-electron chi connectivity index (χ0n) is 12.7. The van der Waals surface area contributed by atoms with Gasteiger partial charge in [-0.2, -0.15) is 4.31 Å². The average Bonchev–Trinajstić information content (AvgIpc) is 2.85. The maximum atomic E-state index is 12.8. The van der Waals surface area contributed by atoms with Crippen molar-refractivity contribution in [3.8, 4) is 0 Å². The number of nitrogens with zero attached hydrogens (tertiary/aromatic N) is 1. The molecule has 1 saturated heterocycles. The van der Waals surface area contributed by atoms with E-state index in [4.69, 9.17) is 0 Å². The third kappa shape index (κ3) is 3.93. The summed E-state index contributed by atoms with van der Waals surface area (Å²) in [6.45, 7) is 3.90. The van der Waals surface area contributed by atoms with E-state index in [2.05, 4.69) is 0 Å². The molecule has 0 radical (unpaired) electrons. The number of hydrogen-bond acceptors (Lipinski definition) is 4. The summed E-state index contributed by atoms with van der Waals surface area (Å²) in [5, 5.41) is 9.08. The van der Waals surface area contributed by atoms with Crippen LogP contribution in [0.4, 0.5) is 0 Å². The van der Waals surface area contributed by atoms with E-state index in [0.717, 1.165) is 25.7 Å². The highest BCUT2D eigenvalue weighted by Crippen LogP contribution is 2.37. The Hall–Kier alpha value is -0.270. The number of carboxylic acids is 1. The molecule has 2 rings (SSSR count). The van der Waals surface area contributed by atoms with Crippen molar-refractivity contribution in [2.24, 2.45) is 11.8 Å². The predicted molar refractivity (Wildman–Crippen MR) is 84.7 cm³/mol. The minimum absolute atomic E-state index is 0.112. The first-order valence-corrected chi connectivity index (χ1v) is 10.3. The molecule has 0 aromatic carbocycles. The molecule has 5 nitrogen and oxygen atoms in total. The standard InChI is InChI=1S/C14H25NO4S2/c1-10(2)13-15(12(8-20-13)14(16)17)21(18,19)9-11-6-4-3-5-7-11/h10-13H,3-9H2,1-2H3,(H,16,17). The first kappa shape index (κ1) is 17.1. The molecule has 1 heterocycles. The third-order valence-electron chi connectivity index (χ3n) is 4.33. The van der Waals surface area contributed by atoms with Crippen molar-refractivity contribution in [1.82, 2.24) is 4.31 Å². The number of thioether (sulfide) groups is 1. The van der Waals surface area contributed by atoms with Gasteiger partial charge in [0.25, 0.3) is 0 Å². The normalized spacial score (nSPS) is 29.1. The van der Waals surface area contributed by atoms with Gasteiger partial charge < -0.3 is 5.11 Å². The summed E-state index contributed by atoms with van der Waals surface area (Å²) in [5.41, 5.74) is 0. The number of rotatable bonds is 5. The summed E-state index contributed by atoms with van der Waals surface area (Å²) in [5.74, 6) is -0.266. The molecule has 1 aliphatic carbocycles. The van der Waals surface area contributed by atoms with Crippen molar-refractivity contribution in [1.29, 1.82) is 0 Å². The summed E-state index contributed by atoms with van der Waals surface area (Å²) in [6, 6.07) is -0.906. The van der Waals surface area contributed by atoms with Crippen LogP contribution in [0.5, 0.6) is 0 Å². The Morgan fingerprint density at radius 2 is 1.90 bits per heavy atom. The lowest BCUT2D eigenvalue weighted by molar-refractivity contribution is -0.140. The summed E-state index contributed by atoms with van der Waals surface area (Å²) in [4.78, 5) is 11.4. The van der Waals surface area contributed by atoms with Gasteiger partial charge in [0.05, 0.1) is 11.1 Å². The van der Waals surface area contributed by atoms with Crippen molar-refractivity contribution in [2.45, 2.75) is 57.4 Å². The monoisotopic (exact) mass is 335 g/mol. The number of carboxylic acid groups (broad SMARTS) is 1. The fourth-order valence-corrected chi connectivity index (χ4v) is 7.52. The highest BCUT2D eigenvalue weighted by Gasteiger charge is 2.47. The van der Waals surface area contributed by atoms with E-state index in [0.29, 0.717) is 5.75 Å². The SMILES string of the molecule is CC(C)C1SCC(C(=O)O)N1S(=O)(=O)CC1CCCCC1. The molecule has 0 aromatic heterocycles. The predicted octanol–water partition coefficient (Wildman–Crippen LogP) is 2.38.